The standard InChI is InChI=1S/C22H29NO3/c1-3-16-5-9-18(10-6-16)19-11-7-17(8-12-19)15-20(22(25)26)13-14-23-21(24)4-2/h4,7-8,11-12,15-16,18H,2-3,5-6,9-10,13-14H2,1H3,(H,23,24)(H,25,26)/b20-15+. The van der Waals surface area contributed by atoms with Gasteiger partial charge in [-0.1, -0.05) is 44.2 Å². The first-order valence-corrected chi connectivity index (χ1v) is 9.47. The topological polar surface area (TPSA) is 66.4 Å². The minimum absolute atomic E-state index is 0.275. The van der Waals surface area contributed by atoms with Crippen LogP contribution in [0.5, 0.6) is 0 Å². The first-order valence-electron chi connectivity index (χ1n) is 9.47. The molecule has 1 saturated carbocycles. The first-order chi connectivity index (χ1) is 12.5. The van der Waals surface area contributed by atoms with E-state index in [0.717, 1.165) is 11.5 Å². The molecule has 0 spiro atoms. The Labute approximate surface area is 156 Å². The van der Waals surface area contributed by atoms with Crippen LogP contribution in [0, 0.1) is 5.92 Å². The van der Waals surface area contributed by atoms with Crippen molar-refractivity contribution in [1.29, 1.82) is 0 Å². The molecule has 4 heteroatoms. The lowest BCUT2D eigenvalue weighted by atomic mass is 9.78. The van der Waals surface area contributed by atoms with Crippen molar-refractivity contribution in [3.05, 3.63) is 53.6 Å². The molecule has 26 heavy (non-hydrogen) atoms. The third kappa shape index (κ3) is 5.87. The second kappa shape index (κ2) is 9.95. The molecule has 140 valence electrons. The largest absolute Gasteiger partial charge is 0.478 e. The van der Waals surface area contributed by atoms with Crippen LogP contribution < -0.4 is 5.32 Å². The maximum Gasteiger partial charge on any atom is 0.331 e. The van der Waals surface area contributed by atoms with Crippen molar-refractivity contribution in [3.8, 4) is 0 Å². The van der Waals surface area contributed by atoms with Crippen molar-refractivity contribution in [3.63, 3.8) is 0 Å². The molecule has 0 aromatic heterocycles. The van der Waals surface area contributed by atoms with Crippen molar-refractivity contribution in [2.75, 3.05) is 6.54 Å². The summed E-state index contributed by atoms with van der Waals surface area (Å²) in [4.78, 5) is 22.6. The van der Waals surface area contributed by atoms with E-state index in [1.165, 1.54) is 43.7 Å². The second-order valence-corrected chi connectivity index (χ2v) is 7.01. The summed E-state index contributed by atoms with van der Waals surface area (Å²) < 4.78 is 0. The number of hydrogen-bond donors (Lipinski definition) is 2. The third-order valence-corrected chi connectivity index (χ3v) is 5.33. The summed E-state index contributed by atoms with van der Waals surface area (Å²) in [5.74, 6) is 0.258. The van der Waals surface area contributed by atoms with Crippen LogP contribution >= 0.6 is 0 Å². The molecule has 0 heterocycles. The van der Waals surface area contributed by atoms with Gasteiger partial charge >= 0.3 is 5.97 Å². The molecule has 4 nitrogen and oxygen atoms in total. The maximum atomic E-state index is 11.4. The number of benzene rings is 1. The van der Waals surface area contributed by atoms with Gasteiger partial charge in [0.2, 0.25) is 5.91 Å². The molecule has 0 atom stereocenters. The van der Waals surface area contributed by atoms with Crippen LogP contribution in [0.4, 0.5) is 0 Å². The number of carboxylic acids is 1. The third-order valence-electron chi connectivity index (χ3n) is 5.33. The van der Waals surface area contributed by atoms with Gasteiger partial charge in [0.25, 0.3) is 0 Å². The van der Waals surface area contributed by atoms with Crippen LogP contribution in [0.2, 0.25) is 0 Å². The zero-order valence-corrected chi connectivity index (χ0v) is 15.5. The molecule has 0 bridgehead atoms. The van der Waals surface area contributed by atoms with E-state index in [-0.39, 0.29) is 24.4 Å². The quantitative estimate of drug-likeness (QED) is 0.673. The minimum Gasteiger partial charge on any atom is -0.478 e. The summed E-state index contributed by atoms with van der Waals surface area (Å²) in [6.07, 6.45) is 9.52. The molecule has 1 fully saturated rings. The highest BCUT2D eigenvalue weighted by Gasteiger charge is 2.21. The first kappa shape index (κ1) is 20.0. The number of hydrogen-bond acceptors (Lipinski definition) is 2. The fourth-order valence-electron chi connectivity index (χ4n) is 3.60. The van der Waals surface area contributed by atoms with E-state index in [4.69, 9.17) is 0 Å². The molecule has 1 aromatic carbocycles. The second-order valence-electron chi connectivity index (χ2n) is 7.01. The summed E-state index contributed by atoms with van der Waals surface area (Å²) in [6.45, 7) is 5.93. The molecule has 1 amide bonds. The van der Waals surface area contributed by atoms with Gasteiger partial charge in [0.15, 0.2) is 0 Å². The smallest absolute Gasteiger partial charge is 0.331 e. The molecule has 1 aliphatic rings. The highest BCUT2D eigenvalue weighted by molar-refractivity contribution is 5.92. The zero-order valence-electron chi connectivity index (χ0n) is 15.5. The number of carbonyl (C=O) groups is 2. The summed E-state index contributed by atoms with van der Waals surface area (Å²) in [6, 6.07) is 8.24. The SMILES string of the molecule is C=CC(=O)NCC/C(=C\c1ccc(C2CCC(CC)CC2)cc1)C(=O)O. The van der Waals surface area contributed by atoms with Gasteiger partial charge in [-0.15, -0.1) is 0 Å². The number of nitrogens with one attached hydrogen (secondary N) is 1. The monoisotopic (exact) mass is 355 g/mol. The summed E-state index contributed by atoms with van der Waals surface area (Å²) in [7, 11) is 0. The lowest BCUT2D eigenvalue weighted by Gasteiger charge is -2.28. The van der Waals surface area contributed by atoms with Crippen molar-refractivity contribution >= 4 is 18.0 Å². The molecule has 2 rings (SSSR count). The lowest BCUT2D eigenvalue weighted by molar-refractivity contribution is -0.132. The summed E-state index contributed by atoms with van der Waals surface area (Å²) in [5, 5.41) is 12.0. The van der Waals surface area contributed by atoms with Crippen LogP contribution in [0.15, 0.2) is 42.5 Å². The van der Waals surface area contributed by atoms with E-state index >= 15 is 0 Å². The molecular formula is C22H29NO3. The predicted molar refractivity (Wildman–Crippen MR) is 105 cm³/mol. The van der Waals surface area contributed by atoms with Crippen molar-refractivity contribution < 1.29 is 14.7 Å². The van der Waals surface area contributed by atoms with Crippen molar-refractivity contribution in [1.82, 2.24) is 5.32 Å². The highest BCUT2D eigenvalue weighted by Crippen LogP contribution is 2.36. The van der Waals surface area contributed by atoms with Crippen LogP contribution in [0.25, 0.3) is 6.08 Å². The molecule has 1 aliphatic carbocycles. The Morgan fingerprint density at radius 2 is 1.85 bits per heavy atom. The van der Waals surface area contributed by atoms with E-state index in [0.29, 0.717) is 5.92 Å². The Balaban J connectivity index is 1.98. The Kier molecular flexibility index (Phi) is 7.64. The van der Waals surface area contributed by atoms with Gasteiger partial charge in [-0.25, -0.2) is 4.79 Å². The van der Waals surface area contributed by atoms with Gasteiger partial charge in [0.1, 0.15) is 0 Å². The molecule has 0 aliphatic heterocycles. The van der Waals surface area contributed by atoms with Crippen LogP contribution in [-0.2, 0) is 9.59 Å². The number of rotatable bonds is 8. The van der Waals surface area contributed by atoms with Crippen LogP contribution in [-0.4, -0.2) is 23.5 Å². The average Bonchev–Trinajstić information content (AvgIpc) is 2.67. The van der Waals surface area contributed by atoms with E-state index in [9.17, 15) is 14.7 Å². The number of aliphatic carboxylic acids is 1. The Hall–Kier alpha value is -2.36. The van der Waals surface area contributed by atoms with Gasteiger partial charge in [0.05, 0.1) is 0 Å². The molecule has 0 radical (unpaired) electrons. The van der Waals surface area contributed by atoms with Crippen LogP contribution in [0.3, 0.4) is 0 Å². The molecule has 1 aromatic rings. The molecule has 0 unspecified atom stereocenters. The summed E-state index contributed by atoms with van der Waals surface area (Å²) >= 11 is 0. The number of amides is 1. The maximum absolute atomic E-state index is 11.4. The number of carboxylic acid groups (broad SMARTS) is 1. The molecular weight excluding hydrogens is 326 g/mol. The Morgan fingerprint density at radius 1 is 1.19 bits per heavy atom. The zero-order chi connectivity index (χ0) is 18.9. The fraction of sp³-hybridized carbons (Fsp3) is 0.455. The van der Waals surface area contributed by atoms with Gasteiger partial charge in [-0.3, -0.25) is 4.79 Å². The van der Waals surface area contributed by atoms with E-state index in [2.05, 4.69) is 31.0 Å². The van der Waals surface area contributed by atoms with Crippen LogP contribution in [0.1, 0.15) is 62.5 Å². The average molecular weight is 355 g/mol. The predicted octanol–water partition coefficient (Wildman–Crippen LogP) is 4.53. The van der Waals surface area contributed by atoms with Gasteiger partial charge in [0, 0.05) is 12.1 Å². The Morgan fingerprint density at radius 3 is 2.38 bits per heavy atom. The van der Waals surface area contributed by atoms with E-state index in [1.54, 1.807) is 6.08 Å². The minimum atomic E-state index is -0.959. The van der Waals surface area contributed by atoms with Crippen molar-refractivity contribution in [2.45, 2.75) is 51.4 Å². The lowest BCUT2D eigenvalue weighted by Crippen LogP contribution is -2.23. The van der Waals surface area contributed by atoms with E-state index < -0.39 is 5.97 Å². The van der Waals surface area contributed by atoms with Gasteiger partial charge < -0.3 is 10.4 Å². The van der Waals surface area contributed by atoms with Crippen molar-refractivity contribution in [2.24, 2.45) is 5.92 Å². The highest BCUT2D eigenvalue weighted by atomic mass is 16.4. The molecule has 2 N–H and O–H groups in total. The normalized spacial score (nSPS) is 20.4. The Bertz CT molecular complexity index is 652. The number of carbonyl (C=O) groups excluding carboxylic acids is 1. The molecule has 0 saturated heterocycles. The van der Waals surface area contributed by atoms with E-state index in [1.807, 2.05) is 12.1 Å². The summed E-state index contributed by atoms with van der Waals surface area (Å²) in [5.41, 5.74) is 2.51. The fourth-order valence-corrected chi connectivity index (χ4v) is 3.60. The van der Waals surface area contributed by atoms with Gasteiger partial charge in [-0.05, 0) is 67.2 Å². The van der Waals surface area contributed by atoms with Gasteiger partial charge in [-0.2, -0.15) is 0 Å².